The van der Waals surface area contributed by atoms with Crippen LogP contribution in [0.1, 0.15) is 35.0 Å². The van der Waals surface area contributed by atoms with Gasteiger partial charge in [0.25, 0.3) is 5.91 Å². The summed E-state index contributed by atoms with van der Waals surface area (Å²) in [5, 5.41) is 3.38. The van der Waals surface area contributed by atoms with Crippen LogP contribution < -0.4 is 15.5 Å². The van der Waals surface area contributed by atoms with Crippen LogP contribution in [0.2, 0.25) is 5.02 Å². The average molecular weight is 516 g/mol. The van der Waals surface area contributed by atoms with Crippen LogP contribution in [0.3, 0.4) is 0 Å². The summed E-state index contributed by atoms with van der Waals surface area (Å²) in [6, 6.07) is 9.16. The summed E-state index contributed by atoms with van der Waals surface area (Å²) >= 11 is 6.37. The Hall–Kier alpha value is -4.22. The lowest BCUT2D eigenvalue weighted by atomic mass is 9.86. The predicted octanol–water partition coefficient (Wildman–Crippen LogP) is 3.90. The highest BCUT2D eigenvalue weighted by Gasteiger charge is 2.41. The van der Waals surface area contributed by atoms with Crippen molar-refractivity contribution in [1.29, 1.82) is 0 Å². The Bertz CT molecular complexity index is 1480. The van der Waals surface area contributed by atoms with E-state index in [4.69, 9.17) is 16.3 Å². The molecule has 2 aromatic heterocycles. The summed E-state index contributed by atoms with van der Waals surface area (Å²) in [6.07, 6.45) is 6.11. The zero-order valence-corrected chi connectivity index (χ0v) is 21.4. The lowest BCUT2D eigenvalue weighted by Crippen LogP contribution is -2.59. The first-order valence-electron chi connectivity index (χ1n) is 11.9. The van der Waals surface area contributed by atoms with E-state index in [9.17, 15) is 9.59 Å². The normalized spacial score (nSPS) is 18.0. The molecule has 2 amide bonds. The molecule has 0 aliphatic carbocycles. The number of anilines is 1. The van der Waals surface area contributed by atoms with Crippen LogP contribution >= 0.6 is 11.6 Å². The molecule has 0 bridgehead atoms. The molecule has 1 saturated heterocycles. The number of hydrogen-bond donors (Lipinski definition) is 2. The molecule has 2 N–H and O–H groups in total. The fourth-order valence-corrected chi connectivity index (χ4v) is 4.96. The molecule has 1 atom stereocenters. The molecule has 188 valence electrons. The summed E-state index contributed by atoms with van der Waals surface area (Å²) in [5.41, 5.74) is 7.12. The van der Waals surface area contributed by atoms with Crippen molar-refractivity contribution >= 4 is 29.1 Å². The van der Waals surface area contributed by atoms with Crippen LogP contribution in [0.15, 0.2) is 55.4 Å². The Balaban J connectivity index is 1.62. The van der Waals surface area contributed by atoms with Crippen LogP contribution in [0, 0.1) is 11.8 Å². The van der Waals surface area contributed by atoms with Crippen molar-refractivity contribution in [2.75, 3.05) is 25.6 Å². The number of methoxy groups -OCH3 is 1. The number of nitrogens with one attached hydrogen (secondary N) is 2. The third kappa shape index (κ3) is 4.32. The van der Waals surface area contributed by atoms with E-state index < -0.39 is 5.54 Å². The molecule has 1 fully saturated rings. The van der Waals surface area contributed by atoms with Crippen LogP contribution in [0.25, 0.3) is 11.3 Å². The first-order valence-corrected chi connectivity index (χ1v) is 12.3. The summed E-state index contributed by atoms with van der Waals surface area (Å²) in [7, 11) is 1.56. The van der Waals surface area contributed by atoms with Crippen LogP contribution in [0.4, 0.5) is 5.69 Å². The molecule has 3 aromatic rings. The number of halogens is 1. The van der Waals surface area contributed by atoms with Gasteiger partial charge in [-0.1, -0.05) is 36.1 Å². The van der Waals surface area contributed by atoms with Crippen molar-refractivity contribution in [3.63, 3.8) is 0 Å². The quantitative estimate of drug-likeness (QED) is 0.397. The molecule has 1 aromatic carbocycles. The number of benzene rings is 1. The third-order valence-corrected chi connectivity index (χ3v) is 7.12. The van der Waals surface area contributed by atoms with Gasteiger partial charge in [-0.15, -0.1) is 0 Å². The van der Waals surface area contributed by atoms with E-state index in [1.54, 1.807) is 30.5 Å². The Labute approximate surface area is 220 Å². The van der Waals surface area contributed by atoms with Crippen LogP contribution in [-0.2, 0) is 11.2 Å². The number of ether oxygens (including phenoxy) is 1. The number of hydrogen-bond acceptors (Lipinski definition) is 5. The molecule has 0 radical (unpaired) electrons. The summed E-state index contributed by atoms with van der Waals surface area (Å²) in [4.78, 5) is 31.0. The number of likely N-dealkylation sites (tertiary alicyclic amines) is 1. The van der Waals surface area contributed by atoms with Gasteiger partial charge in [-0.2, -0.15) is 0 Å². The molecular formula is C28H26ClN5O3. The van der Waals surface area contributed by atoms with Gasteiger partial charge < -0.3 is 15.0 Å². The maximum absolute atomic E-state index is 12.7. The van der Waals surface area contributed by atoms with Crippen molar-refractivity contribution in [2.45, 2.75) is 25.3 Å². The van der Waals surface area contributed by atoms with E-state index in [1.807, 2.05) is 35.9 Å². The summed E-state index contributed by atoms with van der Waals surface area (Å²) in [6.45, 7) is 6.71. The molecule has 4 heterocycles. The average Bonchev–Trinajstić information content (AvgIpc) is 3.26. The Morgan fingerprint density at radius 2 is 2.19 bits per heavy atom. The first kappa shape index (κ1) is 24.5. The van der Waals surface area contributed by atoms with Crippen molar-refractivity contribution in [3.05, 3.63) is 77.2 Å². The molecule has 0 unspecified atom stereocenters. The summed E-state index contributed by atoms with van der Waals surface area (Å²) in [5.74, 6) is 6.75. The van der Waals surface area contributed by atoms with Gasteiger partial charge in [0.2, 0.25) is 5.91 Å². The minimum Gasteiger partial charge on any atom is -0.493 e. The lowest BCUT2D eigenvalue weighted by molar-refractivity contribution is -0.136. The minimum absolute atomic E-state index is 0.136. The van der Waals surface area contributed by atoms with E-state index in [2.05, 4.69) is 34.1 Å². The van der Waals surface area contributed by atoms with Crippen LogP contribution in [-0.4, -0.2) is 52.1 Å². The monoisotopic (exact) mass is 515 g/mol. The number of pyridine rings is 1. The maximum Gasteiger partial charge on any atom is 0.253 e. The molecule has 2 aliphatic heterocycles. The molecule has 9 heteroatoms. The SMILES string of the molecule is C=CC(=O)N1CC[C@]1(C)C#Cc1cnccc1-c1cc2c(n1Nc1cccc(Cl)c1OC)CCNC2=O. The zero-order valence-electron chi connectivity index (χ0n) is 20.6. The fourth-order valence-electron chi connectivity index (χ4n) is 4.71. The zero-order chi connectivity index (χ0) is 26.2. The number of fused-ring (bicyclic) bond motifs is 1. The number of para-hydroxylation sites is 1. The van der Waals surface area contributed by atoms with Gasteiger partial charge in [0.15, 0.2) is 5.75 Å². The second-order valence-corrected chi connectivity index (χ2v) is 9.46. The number of rotatable bonds is 5. The highest BCUT2D eigenvalue weighted by atomic mass is 35.5. The molecule has 37 heavy (non-hydrogen) atoms. The molecule has 8 nitrogen and oxygen atoms in total. The third-order valence-electron chi connectivity index (χ3n) is 6.82. The van der Waals surface area contributed by atoms with Gasteiger partial charge in [0.1, 0.15) is 5.54 Å². The van der Waals surface area contributed by atoms with Gasteiger partial charge in [0, 0.05) is 37.5 Å². The van der Waals surface area contributed by atoms with E-state index in [-0.39, 0.29) is 11.8 Å². The van der Waals surface area contributed by atoms with Gasteiger partial charge in [-0.25, -0.2) is 0 Å². The fraction of sp³-hybridized carbons (Fsp3) is 0.250. The predicted molar refractivity (Wildman–Crippen MR) is 143 cm³/mol. The molecular weight excluding hydrogens is 490 g/mol. The van der Waals surface area contributed by atoms with Crippen molar-refractivity contribution in [3.8, 4) is 28.8 Å². The maximum atomic E-state index is 12.7. The second-order valence-electron chi connectivity index (χ2n) is 9.05. The number of aromatic nitrogens is 2. The Morgan fingerprint density at radius 3 is 2.92 bits per heavy atom. The van der Waals surface area contributed by atoms with Gasteiger partial charge >= 0.3 is 0 Å². The highest BCUT2D eigenvalue weighted by molar-refractivity contribution is 6.32. The first-order chi connectivity index (χ1) is 17.9. The Kier molecular flexibility index (Phi) is 6.40. The van der Waals surface area contributed by atoms with E-state index >= 15 is 0 Å². The van der Waals surface area contributed by atoms with E-state index in [1.165, 1.54) is 6.08 Å². The molecule has 0 spiro atoms. The number of carbonyl (C=O) groups excluding carboxylic acids is 2. The Morgan fingerprint density at radius 1 is 1.35 bits per heavy atom. The minimum atomic E-state index is -0.577. The standard InChI is InChI=1S/C28H26ClN5O3/c1-4-25(35)33-15-12-28(33,2)11-8-18-17-30-13-9-19(18)24-16-20-23(10-14-31-27(20)36)34(24)32-22-7-5-6-21(29)26(22)37-3/h4-7,9,13,16-17,32H,1,10,12,14-15H2,2-3H3,(H,31,36)/t28-/m0/s1. The number of nitrogens with zero attached hydrogens (tertiary/aromatic N) is 3. The topological polar surface area (TPSA) is 88.5 Å². The van der Waals surface area contributed by atoms with Crippen molar-refractivity contribution in [2.24, 2.45) is 0 Å². The molecule has 5 rings (SSSR count). The number of amides is 2. The largest absolute Gasteiger partial charge is 0.493 e. The van der Waals surface area contributed by atoms with Gasteiger partial charge in [-0.05, 0) is 43.7 Å². The van der Waals surface area contributed by atoms with E-state index in [0.29, 0.717) is 47.1 Å². The lowest BCUT2D eigenvalue weighted by Gasteiger charge is -2.46. The second kappa shape index (κ2) is 9.68. The van der Waals surface area contributed by atoms with Crippen molar-refractivity contribution in [1.82, 2.24) is 19.9 Å². The summed E-state index contributed by atoms with van der Waals surface area (Å²) < 4.78 is 7.42. The highest BCUT2D eigenvalue weighted by Crippen LogP contribution is 2.36. The van der Waals surface area contributed by atoms with Gasteiger partial charge in [-0.3, -0.25) is 24.7 Å². The van der Waals surface area contributed by atoms with Crippen LogP contribution in [0.5, 0.6) is 5.75 Å². The van der Waals surface area contributed by atoms with Gasteiger partial charge in [0.05, 0.1) is 40.3 Å². The smallest absolute Gasteiger partial charge is 0.253 e. The number of carbonyl (C=O) groups is 2. The molecule has 2 aliphatic rings. The van der Waals surface area contributed by atoms with E-state index in [0.717, 1.165) is 23.4 Å². The van der Waals surface area contributed by atoms with Crippen molar-refractivity contribution < 1.29 is 14.3 Å². The molecule has 0 saturated carbocycles.